The van der Waals surface area contributed by atoms with Gasteiger partial charge in [0, 0.05) is 11.1 Å². The second kappa shape index (κ2) is 7.83. The van der Waals surface area contributed by atoms with Gasteiger partial charge in [0.15, 0.2) is 0 Å². The van der Waals surface area contributed by atoms with Crippen LogP contribution in [-0.2, 0) is 11.3 Å². The molecule has 0 aliphatic carbocycles. The van der Waals surface area contributed by atoms with E-state index in [2.05, 4.69) is 19.2 Å². The summed E-state index contributed by atoms with van der Waals surface area (Å²) < 4.78 is 16.6. The molecule has 1 aliphatic rings. The number of thioether (sulfide) groups is 1. The monoisotopic (exact) mass is 358 g/mol. The third-order valence-electron chi connectivity index (χ3n) is 4.21. The van der Waals surface area contributed by atoms with Gasteiger partial charge in [-0.1, -0.05) is 0 Å². The molecule has 1 heterocycles. The molecule has 2 aromatic carbocycles. The van der Waals surface area contributed by atoms with Crippen molar-refractivity contribution in [2.24, 2.45) is 0 Å². The first-order chi connectivity index (χ1) is 12.1. The summed E-state index contributed by atoms with van der Waals surface area (Å²) in [5, 5.41) is 0. The molecular formula is C20H22O4S. The summed E-state index contributed by atoms with van der Waals surface area (Å²) in [4.78, 5) is 11.8. The highest BCUT2D eigenvalue weighted by atomic mass is 32.2. The third-order valence-corrected chi connectivity index (χ3v) is 4.90. The molecule has 0 atom stereocenters. The minimum absolute atomic E-state index is 0.346. The van der Waals surface area contributed by atoms with Crippen LogP contribution in [0, 0.1) is 6.92 Å². The Morgan fingerprint density at radius 3 is 2.88 bits per heavy atom. The van der Waals surface area contributed by atoms with Crippen molar-refractivity contribution in [1.82, 2.24) is 0 Å². The van der Waals surface area contributed by atoms with E-state index in [1.807, 2.05) is 30.0 Å². The zero-order valence-electron chi connectivity index (χ0n) is 14.8. The van der Waals surface area contributed by atoms with Crippen molar-refractivity contribution in [3.05, 3.63) is 47.0 Å². The van der Waals surface area contributed by atoms with Gasteiger partial charge in [0.2, 0.25) is 0 Å². The molecule has 132 valence electrons. The Bertz CT molecular complexity index is 786. The highest BCUT2D eigenvalue weighted by Crippen LogP contribution is 2.41. The Kier molecular flexibility index (Phi) is 5.53. The molecule has 0 spiro atoms. The zero-order chi connectivity index (χ0) is 17.8. The molecule has 5 heteroatoms. The molecule has 0 unspecified atom stereocenters. The SMILES string of the molecule is COC(=O)c1ccc2c(c1)-c1c(C)cc(OCCCSC)cc1CO2. The number of hydrogen-bond donors (Lipinski definition) is 0. The van der Waals surface area contributed by atoms with E-state index in [1.54, 1.807) is 6.07 Å². The van der Waals surface area contributed by atoms with Gasteiger partial charge in [-0.2, -0.15) is 11.8 Å². The molecule has 3 rings (SSSR count). The second-order valence-electron chi connectivity index (χ2n) is 5.96. The second-order valence-corrected chi connectivity index (χ2v) is 6.95. The van der Waals surface area contributed by atoms with Crippen molar-refractivity contribution in [3.63, 3.8) is 0 Å². The summed E-state index contributed by atoms with van der Waals surface area (Å²) in [6.45, 7) is 3.28. The van der Waals surface area contributed by atoms with Crippen molar-refractivity contribution in [3.8, 4) is 22.6 Å². The molecule has 0 saturated carbocycles. The number of aryl methyl sites for hydroxylation is 1. The van der Waals surface area contributed by atoms with E-state index in [9.17, 15) is 4.79 Å². The molecule has 0 radical (unpaired) electrons. The van der Waals surface area contributed by atoms with E-state index in [0.29, 0.717) is 18.8 Å². The molecule has 25 heavy (non-hydrogen) atoms. The van der Waals surface area contributed by atoms with Gasteiger partial charge >= 0.3 is 5.97 Å². The summed E-state index contributed by atoms with van der Waals surface area (Å²) in [6.07, 6.45) is 3.12. The smallest absolute Gasteiger partial charge is 0.337 e. The number of hydrogen-bond acceptors (Lipinski definition) is 5. The fourth-order valence-corrected chi connectivity index (χ4v) is 3.46. The molecule has 0 amide bonds. The Morgan fingerprint density at radius 1 is 1.28 bits per heavy atom. The van der Waals surface area contributed by atoms with Crippen molar-refractivity contribution in [2.75, 3.05) is 25.7 Å². The van der Waals surface area contributed by atoms with Crippen LogP contribution in [0.2, 0.25) is 0 Å². The van der Waals surface area contributed by atoms with Crippen LogP contribution in [-0.4, -0.2) is 31.7 Å². The average molecular weight is 358 g/mol. The average Bonchev–Trinajstić information content (AvgIpc) is 2.63. The first-order valence-electron chi connectivity index (χ1n) is 8.25. The van der Waals surface area contributed by atoms with Crippen LogP contribution < -0.4 is 9.47 Å². The summed E-state index contributed by atoms with van der Waals surface area (Å²) in [6, 6.07) is 9.49. The fourth-order valence-electron chi connectivity index (χ4n) is 3.05. The number of benzene rings is 2. The maximum atomic E-state index is 11.8. The molecule has 1 aliphatic heterocycles. The van der Waals surface area contributed by atoms with Crippen LogP contribution in [0.15, 0.2) is 30.3 Å². The Balaban J connectivity index is 1.92. The lowest BCUT2D eigenvalue weighted by atomic mass is 9.91. The van der Waals surface area contributed by atoms with Crippen LogP contribution in [0.1, 0.15) is 27.9 Å². The van der Waals surface area contributed by atoms with Crippen LogP contribution in [0.4, 0.5) is 0 Å². The Hall–Kier alpha value is -2.14. The number of esters is 1. The van der Waals surface area contributed by atoms with E-state index >= 15 is 0 Å². The first kappa shape index (κ1) is 17.7. The summed E-state index contributed by atoms with van der Waals surface area (Å²) in [7, 11) is 1.39. The number of rotatable bonds is 6. The van der Waals surface area contributed by atoms with Gasteiger partial charge in [-0.3, -0.25) is 0 Å². The normalized spacial score (nSPS) is 12.0. The van der Waals surface area contributed by atoms with Gasteiger partial charge in [0.25, 0.3) is 0 Å². The van der Waals surface area contributed by atoms with E-state index in [-0.39, 0.29) is 5.97 Å². The lowest BCUT2D eigenvalue weighted by Crippen LogP contribution is -2.10. The Labute approximate surface area is 152 Å². The quantitative estimate of drug-likeness (QED) is 0.563. The van der Waals surface area contributed by atoms with E-state index in [4.69, 9.17) is 14.2 Å². The van der Waals surface area contributed by atoms with E-state index in [1.165, 1.54) is 7.11 Å². The number of ether oxygens (including phenoxy) is 3. The molecule has 0 bridgehead atoms. The summed E-state index contributed by atoms with van der Waals surface area (Å²) in [5.41, 5.74) is 4.76. The lowest BCUT2D eigenvalue weighted by Gasteiger charge is -2.24. The minimum atomic E-state index is -0.346. The maximum absolute atomic E-state index is 11.8. The van der Waals surface area contributed by atoms with Gasteiger partial charge in [-0.25, -0.2) is 4.79 Å². The number of carbonyl (C=O) groups is 1. The Morgan fingerprint density at radius 2 is 2.12 bits per heavy atom. The van der Waals surface area contributed by atoms with Gasteiger partial charge < -0.3 is 14.2 Å². The maximum Gasteiger partial charge on any atom is 0.337 e. The number of methoxy groups -OCH3 is 1. The van der Waals surface area contributed by atoms with Gasteiger partial charge in [-0.05, 0) is 66.8 Å². The van der Waals surface area contributed by atoms with Crippen LogP contribution in [0.25, 0.3) is 11.1 Å². The first-order valence-corrected chi connectivity index (χ1v) is 9.64. The number of carbonyl (C=O) groups excluding carboxylic acids is 1. The molecular weight excluding hydrogens is 336 g/mol. The zero-order valence-corrected chi connectivity index (χ0v) is 15.6. The van der Waals surface area contributed by atoms with E-state index < -0.39 is 0 Å². The standard InChI is InChI=1S/C20H22O4S/c1-13-9-16(23-7-4-8-25-3)10-15-12-24-18-6-5-14(20(21)22-2)11-17(18)19(13)15/h5-6,9-11H,4,7-8,12H2,1-3H3. The van der Waals surface area contributed by atoms with Gasteiger partial charge in [-0.15, -0.1) is 0 Å². The summed E-state index contributed by atoms with van der Waals surface area (Å²) in [5.74, 6) is 2.41. The molecule has 0 N–H and O–H groups in total. The largest absolute Gasteiger partial charge is 0.494 e. The highest BCUT2D eigenvalue weighted by molar-refractivity contribution is 7.98. The third kappa shape index (κ3) is 3.76. The number of fused-ring (bicyclic) bond motifs is 3. The van der Waals surface area contributed by atoms with Crippen molar-refractivity contribution in [1.29, 1.82) is 0 Å². The molecule has 0 fully saturated rings. The minimum Gasteiger partial charge on any atom is -0.494 e. The molecule has 4 nitrogen and oxygen atoms in total. The predicted octanol–water partition coefficient (Wildman–Crippen LogP) is 4.47. The highest BCUT2D eigenvalue weighted by Gasteiger charge is 2.22. The lowest BCUT2D eigenvalue weighted by molar-refractivity contribution is 0.0600. The fraction of sp³-hybridized carbons (Fsp3) is 0.350. The molecule has 0 aromatic heterocycles. The summed E-state index contributed by atoms with van der Waals surface area (Å²) >= 11 is 1.82. The van der Waals surface area contributed by atoms with Gasteiger partial charge in [0.05, 0.1) is 19.3 Å². The van der Waals surface area contributed by atoms with Crippen molar-refractivity contribution >= 4 is 17.7 Å². The van der Waals surface area contributed by atoms with Crippen LogP contribution in [0.5, 0.6) is 11.5 Å². The van der Waals surface area contributed by atoms with Crippen molar-refractivity contribution < 1.29 is 19.0 Å². The van der Waals surface area contributed by atoms with Gasteiger partial charge in [0.1, 0.15) is 18.1 Å². The molecule has 0 saturated heterocycles. The topological polar surface area (TPSA) is 44.8 Å². The van der Waals surface area contributed by atoms with Crippen LogP contribution >= 0.6 is 11.8 Å². The van der Waals surface area contributed by atoms with E-state index in [0.717, 1.165) is 45.9 Å². The molecule has 2 aromatic rings. The van der Waals surface area contributed by atoms with Crippen LogP contribution in [0.3, 0.4) is 0 Å². The predicted molar refractivity (Wildman–Crippen MR) is 101 cm³/mol. The van der Waals surface area contributed by atoms with Crippen molar-refractivity contribution in [2.45, 2.75) is 20.0 Å².